The number of methoxy groups -OCH3 is 1. The maximum atomic E-state index is 13.3. The van der Waals surface area contributed by atoms with Crippen LogP contribution in [0.1, 0.15) is 39.9 Å². The number of rotatable bonds is 8. The molecule has 1 aliphatic heterocycles. The van der Waals surface area contributed by atoms with E-state index in [2.05, 4.69) is 15.3 Å². The van der Waals surface area contributed by atoms with Crippen molar-refractivity contribution < 1.29 is 14.3 Å². The summed E-state index contributed by atoms with van der Waals surface area (Å²) >= 11 is 0. The van der Waals surface area contributed by atoms with E-state index >= 15 is 0 Å². The van der Waals surface area contributed by atoms with Crippen molar-refractivity contribution in [3.63, 3.8) is 0 Å². The monoisotopic (exact) mass is 433 g/mol. The van der Waals surface area contributed by atoms with Gasteiger partial charge in [0.2, 0.25) is 5.91 Å². The minimum Gasteiger partial charge on any atom is -0.385 e. The third kappa shape index (κ3) is 4.86. The molecule has 1 atom stereocenters. The standard InChI is InChI=1S/C24H27N5O3/c1-32-14-6-11-26-24(31)20-17-28-12-13-29(21(30)15-18-7-5-10-25-16-18)22(23(28)27-20)19-8-3-2-4-9-19/h2-5,7-10,16-17,22H,6,11-15H2,1H3,(H,26,31). The number of hydrogen-bond donors (Lipinski definition) is 1. The van der Waals surface area contributed by atoms with E-state index < -0.39 is 0 Å². The Balaban J connectivity index is 1.60. The van der Waals surface area contributed by atoms with Crippen molar-refractivity contribution in [2.45, 2.75) is 25.4 Å². The summed E-state index contributed by atoms with van der Waals surface area (Å²) in [6.45, 7) is 2.23. The second-order valence-corrected chi connectivity index (χ2v) is 7.72. The van der Waals surface area contributed by atoms with Crippen LogP contribution < -0.4 is 5.32 Å². The van der Waals surface area contributed by atoms with Crippen molar-refractivity contribution in [2.24, 2.45) is 0 Å². The third-order valence-corrected chi connectivity index (χ3v) is 5.50. The molecule has 2 amide bonds. The fourth-order valence-electron chi connectivity index (χ4n) is 3.94. The number of carbonyl (C=O) groups is 2. The van der Waals surface area contributed by atoms with Crippen LogP contribution in [0.3, 0.4) is 0 Å². The number of amides is 2. The maximum Gasteiger partial charge on any atom is 0.271 e. The number of carbonyl (C=O) groups excluding carboxylic acids is 2. The zero-order valence-corrected chi connectivity index (χ0v) is 18.1. The predicted molar refractivity (Wildman–Crippen MR) is 119 cm³/mol. The predicted octanol–water partition coefficient (Wildman–Crippen LogP) is 2.22. The van der Waals surface area contributed by atoms with Crippen LogP contribution in [0.5, 0.6) is 0 Å². The summed E-state index contributed by atoms with van der Waals surface area (Å²) in [6.07, 6.45) is 6.19. The molecule has 0 saturated heterocycles. The van der Waals surface area contributed by atoms with E-state index in [9.17, 15) is 9.59 Å². The first-order valence-corrected chi connectivity index (χ1v) is 10.7. The molecule has 0 bridgehead atoms. The molecule has 0 spiro atoms. The largest absolute Gasteiger partial charge is 0.385 e. The van der Waals surface area contributed by atoms with Crippen LogP contribution in [0.25, 0.3) is 0 Å². The molecule has 1 N–H and O–H groups in total. The van der Waals surface area contributed by atoms with Gasteiger partial charge in [-0.1, -0.05) is 36.4 Å². The molecule has 32 heavy (non-hydrogen) atoms. The lowest BCUT2D eigenvalue weighted by atomic mass is 10.0. The first-order valence-electron chi connectivity index (χ1n) is 10.7. The number of hydrogen-bond acceptors (Lipinski definition) is 5. The van der Waals surface area contributed by atoms with E-state index in [0.29, 0.717) is 37.8 Å². The fourth-order valence-corrected chi connectivity index (χ4v) is 3.94. The lowest BCUT2D eigenvalue weighted by molar-refractivity contribution is -0.133. The summed E-state index contributed by atoms with van der Waals surface area (Å²) in [5.41, 5.74) is 2.19. The number of fused-ring (bicyclic) bond motifs is 1. The number of pyridine rings is 1. The van der Waals surface area contributed by atoms with Gasteiger partial charge in [-0.25, -0.2) is 4.98 Å². The number of ether oxygens (including phenoxy) is 1. The van der Waals surface area contributed by atoms with Gasteiger partial charge >= 0.3 is 0 Å². The molecule has 3 aromatic rings. The first-order chi connectivity index (χ1) is 15.7. The van der Waals surface area contributed by atoms with Crippen molar-refractivity contribution in [1.29, 1.82) is 0 Å². The number of imidazole rings is 1. The molecule has 0 saturated carbocycles. The summed E-state index contributed by atoms with van der Waals surface area (Å²) < 4.78 is 7.00. The highest BCUT2D eigenvalue weighted by molar-refractivity contribution is 5.92. The van der Waals surface area contributed by atoms with Crippen LogP contribution in [-0.2, 0) is 22.5 Å². The summed E-state index contributed by atoms with van der Waals surface area (Å²) in [6, 6.07) is 13.2. The van der Waals surface area contributed by atoms with Gasteiger partial charge in [-0.05, 0) is 23.6 Å². The van der Waals surface area contributed by atoms with Gasteiger partial charge in [0.25, 0.3) is 5.91 Å². The molecule has 3 heterocycles. The van der Waals surface area contributed by atoms with Gasteiger partial charge in [0.05, 0.1) is 6.42 Å². The molecule has 0 aliphatic carbocycles. The van der Waals surface area contributed by atoms with Crippen molar-refractivity contribution in [2.75, 3.05) is 26.8 Å². The summed E-state index contributed by atoms with van der Waals surface area (Å²) in [5, 5.41) is 2.88. The molecular formula is C24H27N5O3. The van der Waals surface area contributed by atoms with Gasteiger partial charge in [0.15, 0.2) is 0 Å². The second-order valence-electron chi connectivity index (χ2n) is 7.72. The van der Waals surface area contributed by atoms with E-state index in [0.717, 1.165) is 17.5 Å². The van der Waals surface area contributed by atoms with Gasteiger partial charge in [-0.3, -0.25) is 14.6 Å². The number of nitrogens with zero attached hydrogens (tertiary/aromatic N) is 4. The minimum absolute atomic E-state index is 0.00618. The van der Waals surface area contributed by atoms with Crippen LogP contribution >= 0.6 is 0 Å². The first kappa shape index (κ1) is 21.7. The molecule has 1 unspecified atom stereocenters. The smallest absolute Gasteiger partial charge is 0.271 e. The molecule has 0 radical (unpaired) electrons. The van der Waals surface area contributed by atoms with Crippen LogP contribution in [-0.4, -0.2) is 58.1 Å². The Labute approximate surface area is 187 Å². The summed E-state index contributed by atoms with van der Waals surface area (Å²) in [5.74, 6) is 0.485. The molecule has 8 heteroatoms. The fraction of sp³-hybridized carbons (Fsp3) is 0.333. The molecule has 1 aromatic carbocycles. The summed E-state index contributed by atoms with van der Waals surface area (Å²) in [7, 11) is 1.64. The van der Waals surface area contributed by atoms with Gasteiger partial charge in [0.1, 0.15) is 17.6 Å². The van der Waals surface area contributed by atoms with E-state index in [1.165, 1.54) is 0 Å². The Morgan fingerprint density at radius 3 is 2.75 bits per heavy atom. The van der Waals surface area contributed by atoms with Crippen LogP contribution in [0.4, 0.5) is 0 Å². The Morgan fingerprint density at radius 1 is 1.16 bits per heavy atom. The van der Waals surface area contributed by atoms with Crippen molar-refractivity contribution >= 4 is 11.8 Å². The van der Waals surface area contributed by atoms with Crippen LogP contribution in [0, 0.1) is 0 Å². The maximum absolute atomic E-state index is 13.3. The molecule has 4 rings (SSSR count). The second kappa shape index (κ2) is 10.2. The quantitative estimate of drug-likeness (QED) is 0.550. The van der Waals surface area contributed by atoms with Crippen molar-refractivity contribution in [3.05, 3.63) is 83.7 Å². The highest BCUT2D eigenvalue weighted by Crippen LogP contribution is 2.32. The lowest BCUT2D eigenvalue weighted by Gasteiger charge is -2.36. The van der Waals surface area contributed by atoms with Crippen molar-refractivity contribution in [1.82, 2.24) is 24.8 Å². The highest BCUT2D eigenvalue weighted by Gasteiger charge is 2.34. The Kier molecular flexibility index (Phi) is 6.91. The highest BCUT2D eigenvalue weighted by atomic mass is 16.5. The molecule has 2 aromatic heterocycles. The molecular weight excluding hydrogens is 406 g/mol. The molecule has 8 nitrogen and oxygen atoms in total. The average Bonchev–Trinajstić information content (AvgIpc) is 3.27. The van der Waals surface area contributed by atoms with Crippen LogP contribution in [0.15, 0.2) is 61.1 Å². The van der Waals surface area contributed by atoms with Gasteiger partial charge in [-0.15, -0.1) is 0 Å². The third-order valence-electron chi connectivity index (χ3n) is 5.50. The zero-order valence-electron chi connectivity index (χ0n) is 18.1. The normalized spacial score (nSPS) is 15.3. The van der Waals surface area contributed by atoms with E-state index in [1.54, 1.807) is 25.7 Å². The SMILES string of the molecule is COCCCNC(=O)c1cn2c(n1)C(c1ccccc1)N(C(=O)Cc1cccnc1)CC2. The molecule has 166 valence electrons. The van der Waals surface area contributed by atoms with Gasteiger partial charge in [-0.2, -0.15) is 0 Å². The summed E-state index contributed by atoms with van der Waals surface area (Å²) in [4.78, 5) is 36.5. The Bertz CT molecular complexity index is 1050. The van der Waals surface area contributed by atoms with Crippen molar-refractivity contribution in [3.8, 4) is 0 Å². The Hall–Kier alpha value is -3.52. The van der Waals surface area contributed by atoms with E-state index in [-0.39, 0.29) is 24.3 Å². The molecule has 1 aliphatic rings. The zero-order chi connectivity index (χ0) is 22.3. The van der Waals surface area contributed by atoms with E-state index in [1.807, 2.05) is 51.9 Å². The average molecular weight is 434 g/mol. The molecule has 0 fully saturated rings. The lowest BCUT2D eigenvalue weighted by Crippen LogP contribution is -2.43. The number of benzene rings is 1. The number of nitrogens with one attached hydrogen (secondary N) is 1. The number of aromatic nitrogens is 3. The Morgan fingerprint density at radius 2 is 2.00 bits per heavy atom. The minimum atomic E-state index is -0.357. The van der Waals surface area contributed by atoms with Crippen LogP contribution in [0.2, 0.25) is 0 Å². The van der Waals surface area contributed by atoms with Gasteiger partial charge < -0.3 is 19.5 Å². The van der Waals surface area contributed by atoms with Gasteiger partial charge in [0, 0.05) is 51.9 Å². The topological polar surface area (TPSA) is 89.4 Å². The van der Waals surface area contributed by atoms with E-state index in [4.69, 9.17) is 4.74 Å².